The van der Waals surface area contributed by atoms with Crippen molar-refractivity contribution in [3.05, 3.63) is 23.8 Å². The van der Waals surface area contributed by atoms with Crippen LogP contribution in [0.1, 0.15) is 44.1 Å². The van der Waals surface area contributed by atoms with Crippen LogP contribution in [-0.4, -0.2) is 13.2 Å². The zero-order valence-corrected chi connectivity index (χ0v) is 10.6. The molecule has 0 saturated carbocycles. The highest BCUT2D eigenvalue weighted by atomic mass is 19.3. The second-order valence-corrected chi connectivity index (χ2v) is 4.70. The minimum Gasteiger partial charge on any atom is -0.435 e. The Morgan fingerprint density at radius 2 is 2.22 bits per heavy atom. The van der Waals surface area contributed by atoms with E-state index in [1.54, 1.807) is 12.1 Å². The maximum Gasteiger partial charge on any atom is 0.387 e. The summed E-state index contributed by atoms with van der Waals surface area (Å²) in [6, 6.07) is 5.16. The van der Waals surface area contributed by atoms with Crippen molar-refractivity contribution in [3.63, 3.8) is 0 Å². The van der Waals surface area contributed by atoms with Crippen molar-refractivity contribution < 1.29 is 13.5 Å². The molecule has 1 aliphatic heterocycles. The predicted molar refractivity (Wildman–Crippen MR) is 68.4 cm³/mol. The smallest absolute Gasteiger partial charge is 0.387 e. The fraction of sp³-hybridized carbons (Fsp3) is 0.571. The van der Waals surface area contributed by atoms with Crippen LogP contribution in [0.15, 0.2) is 18.2 Å². The molecule has 0 amide bonds. The number of unbranched alkanes of at least 4 members (excludes halogenated alkanes) is 2. The Labute approximate surface area is 106 Å². The van der Waals surface area contributed by atoms with Crippen molar-refractivity contribution in [2.75, 3.05) is 11.9 Å². The first-order valence-corrected chi connectivity index (χ1v) is 6.53. The van der Waals surface area contributed by atoms with Crippen LogP contribution in [0.2, 0.25) is 0 Å². The second kappa shape index (κ2) is 6.03. The molecule has 4 heteroatoms. The van der Waals surface area contributed by atoms with E-state index >= 15 is 0 Å². The summed E-state index contributed by atoms with van der Waals surface area (Å²) in [5.74, 6) is 0.681. The largest absolute Gasteiger partial charge is 0.435 e. The zero-order valence-electron chi connectivity index (χ0n) is 10.6. The van der Waals surface area contributed by atoms with Gasteiger partial charge >= 0.3 is 6.61 Å². The fourth-order valence-corrected chi connectivity index (χ4v) is 2.46. The molecule has 1 aliphatic rings. The molecule has 0 radical (unpaired) electrons. The van der Waals surface area contributed by atoms with Crippen LogP contribution < -0.4 is 10.1 Å². The lowest BCUT2D eigenvalue weighted by Crippen LogP contribution is -2.03. The molecule has 1 aromatic carbocycles. The number of ether oxygens (including phenoxy) is 1. The summed E-state index contributed by atoms with van der Waals surface area (Å²) in [6.45, 7) is 0.322. The van der Waals surface area contributed by atoms with Crippen molar-refractivity contribution in [3.8, 4) is 5.75 Å². The van der Waals surface area contributed by atoms with E-state index < -0.39 is 6.61 Å². The van der Waals surface area contributed by atoms with Crippen molar-refractivity contribution in [1.29, 1.82) is 0 Å². The zero-order chi connectivity index (χ0) is 13.0. The number of rotatable bonds is 6. The first kappa shape index (κ1) is 13.1. The van der Waals surface area contributed by atoms with Gasteiger partial charge in [-0.2, -0.15) is 8.78 Å². The van der Waals surface area contributed by atoms with Gasteiger partial charge in [0, 0.05) is 18.2 Å². The molecule has 0 fully saturated rings. The Bertz CT molecular complexity index is 395. The highest BCUT2D eigenvalue weighted by Crippen LogP contribution is 2.37. The van der Waals surface area contributed by atoms with E-state index in [2.05, 4.69) is 17.0 Å². The van der Waals surface area contributed by atoms with E-state index in [-0.39, 0.29) is 5.75 Å². The Morgan fingerprint density at radius 1 is 1.39 bits per heavy atom. The summed E-state index contributed by atoms with van der Waals surface area (Å²) in [7, 11) is 0. The van der Waals surface area contributed by atoms with E-state index in [0.29, 0.717) is 5.92 Å². The van der Waals surface area contributed by atoms with Gasteiger partial charge in [-0.1, -0.05) is 26.2 Å². The Hall–Kier alpha value is -1.32. The van der Waals surface area contributed by atoms with E-state index in [9.17, 15) is 8.78 Å². The number of hydrogen-bond donors (Lipinski definition) is 1. The molecule has 1 atom stereocenters. The van der Waals surface area contributed by atoms with Gasteiger partial charge in [-0.3, -0.25) is 0 Å². The molecule has 0 bridgehead atoms. The summed E-state index contributed by atoms with van der Waals surface area (Å²) < 4.78 is 28.8. The lowest BCUT2D eigenvalue weighted by molar-refractivity contribution is -0.0498. The second-order valence-electron chi connectivity index (χ2n) is 4.70. The van der Waals surface area contributed by atoms with Gasteiger partial charge in [0.25, 0.3) is 0 Å². The number of nitrogens with one attached hydrogen (secondary N) is 1. The monoisotopic (exact) mass is 255 g/mol. The van der Waals surface area contributed by atoms with Crippen LogP contribution in [0.5, 0.6) is 5.75 Å². The molecular formula is C14H19F2NO. The van der Waals surface area contributed by atoms with Gasteiger partial charge in [-0.25, -0.2) is 0 Å². The van der Waals surface area contributed by atoms with Crippen LogP contribution >= 0.6 is 0 Å². The quantitative estimate of drug-likeness (QED) is 0.762. The normalized spacial score (nSPS) is 17.7. The van der Waals surface area contributed by atoms with Crippen molar-refractivity contribution in [2.24, 2.45) is 0 Å². The maximum absolute atomic E-state index is 12.2. The summed E-state index contributed by atoms with van der Waals surface area (Å²) in [6.07, 6.45) is 4.70. The van der Waals surface area contributed by atoms with Crippen LogP contribution in [0.25, 0.3) is 0 Å². The maximum atomic E-state index is 12.2. The van der Waals surface area contributed by atoms with Gasteiger partial charge in [0.2, 0.25) is 0 Å². The van der Waals surface area contributed by atoms with Crippen molar-refractivity contribution in [1.82, 2.24) is 0 Å². The highest BCUT2D eigenvalue weighted by Gasteiger charge is 2.22. The van der Waals surface area contributed by atoms with Gasteiger partial charge in [0.15, 0.2) is 0 Å². The molecule has 0 spiro atoms. The molecule has 18 heavy (non-hydrogen) atoms. The standard InChI is InChI=1S/C14H19F2NO/c1-2-3-4-5-10-9-17-13-7-6-11(8-12(10)13)18-14(15)16/h6-8,10,14,17H,2-5,9H2,1H3. The molecule has 0 aromatic heterocycles. The van der Waals surface area contributed by atoms with E-state index in [1.807, 2.05) is 6.07 Å². The Morgan fingerprint density at radius 3 is 2.94 bits per heavy atom. The molecule has 1 heterocycles. The Balaban J connectivity index is 2.04. The molecule has 100 valence electrons. The summed E-state index contributed by atoms with van der Waals surface area (Å²) >= 11 is 0. The topological polar surface area (TPSA) is 21.3 Å². The van der Waals surface area contributed by atoms with Crippen molar-refractivity contribution >= 4 is 5.69 Å². The number of hydrogen-bond acceptors (Lipinski definition) is 2. The molecule has 0 aliphatic carbocycles. The van der Waals surface area contributed by atoms with Crippen molar-refractivity contribution in [2.45, 2.75) is 45.1 Å². The molecular weight excluding hydrogens is 236 g/mol. The average Bonchev–Trinajstić information content (AvgIpc) is 2.72. The van der Waals surface area contributed by atoms with Gasteiger partial charge in [0.1, 0.15) is 5.75 Å². The molecule has 1 N–H and O–H groups in total. The molecule has 1 aromatic rings. The average molecular weight is 255 g/mol. The van der Waals surface area contributed by atoms with E-state index in [1.165, 1.54) is 19.3 Å². The summed E-state index contributed by atoms with van der Waals surface area (Å²) in [5, 5.41) is 3.31. The van der Waals surface area contributed by atoms with Gasteiger partial charge in [-0.15, -0.1) is 0 Å². The molecule has 1 unspecified atom stereocenters. The van der Waals surface area contributed by atoms with Gasteiger partial charge < -0.3 is 10.1 Å². The van der Waals surface area contributed by atoms with Gasteiger partial charge in [0.05, 0.1) is 0 Å². The highest BCUT2D eigenvalue weighted by molar-refractivity contribution is 5.60. The summed E-state index contributed by atoms with van der Waals surface area (Å²) in [4.78, 5) is 0. The first-order valence-electron chi connectivity index (χ1n) is 6.53. The third-order valence-corrected chi connectivity index (χ3v) is 3.38. The molecule has 0 saturated heterocycles. The number of halogens is 2. The van der Waals surface area contributed by atoms with E-state index in [4.69, 9.17) is 0 Å². The minimum atomic E-state index is -2.75. The van der Waals surface area contributed by atoms with Crippen LogP contribution in [0, 0.1) is 0 Å². The van der Waals surface area contributed by atoms with Crippen LogP contribution in [0.4, 0.5) is 14.5 Å². The molecule has 2 rings (SSSR count). The lowest BCUT2D eigenvalue weighted by atomic mass is 9.95. The third-order valence-electron chi connectivity index (χ3n) is 3.38. The SMILES string of the molecule is CCCCCC1CNc2ccc(OC(F)F)cc21. The first-order chi connectivity index (χ1) is 8.70. The minimum absolute atomic E-state index is 0.257. The van der Waals surface area contributed by atoms with Gasteiger partial charge in [-0.05, 0) is 30.2 Å². The van der Waals surface area contributed by atoms with Crippen LogP contribution in [0.3, 0.4) is 0 Å². The molecule has 2 nitrogen and oxygen atoms in total. The number of alkyl halides is 2. The fourth-order valence-electron chi connectivity index (χ4n) is 2.46. The number of fused-ring (bicyclic) bond motifs is 1. The lowest BCUT2D eigenvalue weighted by Gasteiger charge is -2.11. The summed E-state index contributed by atoms with van der Waals surface area (Å²) in [5.41, 5.74) is 2.17. The van der Waals surface area contributed by atoms with E-state index in [0.717, 1.165) is 24.2 Å². The predicted octanol–water partition coefficient (Wildman–Crippen LogP) is 4.38. The third kappa shape index (κ3) is 3.12. The Kier molecular flexibility index (Phi) is 4.39. The number of benzene rings is 1. The van der Waals surface area contributed by atoms with Crippen LogP contribution in [-0.2, 0) is 0 Å². The number of anilines is 1.